The minimum absolute atomic E-state index is 0.221. The summed E-state index contributed by atoms with van der Waals surface area (Å²) >= 11 is 0. The first-order valence-electron chi connectivity index (χ1n) is 10.3. The zero-order chi connectivity index (χ0) is 23.5. The number of hydrogen-bond acceptors (Lipinski definition) is 7. The highest BCUT2D eigenvalue weighted by Crippen LogP contribution is 2.36. The molecule has 2 fully saturated rings. The number of rotatable bonds is 7. The minimum atomic E-state index is -5.82. The van der Waals surface area contributed by atoms with Gasteiger partial charge in [0.05, 0.1) is 0 Å². The van der Waals surface area contributed by atoms with Crippen LogP contribution in [0, 0.1) is 6.92 Å². The number of alkyl halides is 3. The second kappa shape index (κ2) is 9.61. The van der Waals surface area contributed by atoms with Crippen LogP contribution < -0.4 is 14.4 Å². The van der Waals surface area contributed by atoms with E-state index in [4.69, 9.17) is 5.11 Å². The largest absolute Gasteiger partial charge is 0.534 e. The molecule has 32 heavy (non-hydrogen) atoms. The number of amides is 1. The summed E-state index contributed by atoms with van der Waals surface area (Å²) in [6.07, 6.45) is 1.22. The van der Waals surface area contributed by atoms with Gasteiger partial charge >= 0.3 is 21.7 Å². The summed E-state index contributed by atoms with van der Waals surface area (Å²) in [5.41, 5.74) is -3.87. The van der Waals surface area contributed by atoms with Crippen molar-refractivity contribution in [1.29, 1.82) is 0 Å². The Bertz CT molecular complexity index is 928. The zero-order valence-electron chi connectivity index (χ0n) is 17.7. The predicted octanol–water partition coefficient (Wildman–Crippen LogP) is 2.53. The van der Waals surface area contributed by atoms with E-state index >= 15 is 0 Å². The van der Waals surface area contributed by atoms with E-state index in [2.05, 4.69) is 14.4 Å². The summed E-state index contributed by atoms with van der Waals surface area (Å²) in [5, 5.41) is 12.3. The number of carbonyl (C=O) groups is 1. The zero-order valence-corrected chi connectivity index (χ0v) is 18.5. The summed E-state index contributed by atoms with van der Waals surface area (Å²) in [7, 11) is -5.82. The molecule has 0 aliphatic carbocycles. The Kier molecular flexibility index (Phi) is 7.28. The predicted molar refractivity (Wildman–Crippen MR) is 113 cm³/mol. The summed E-state index contributed by atoms with van der Waals surface area (Å²) < 4.78 is 66.0. The maximum Gasteiger partial charge on any atom is 0.534 e. The van der Waals surface area contributed by atoms with E-state index in [1.165, 1.54) is 17.0 Å². The highest BCUT2D eigenvalue weighted by molar-refractivity contribution is 7.88. The van der Waals surface area contributed by atoms with Crippen LogP contribution in [0.3, 0.4) is 0 Å². The van der Waals surface area contributed by atoms with Crippen LogP contribution in [0.25, 0.3) is 0 Å². The van der Waals surface area contributed by atoms with Gasteiger partial charge in [-0.2, -0.15) is 21.6 Å². The van der Waals surface area contributed by atoms with E-state index in [1.54, 1.807) is 6.92 Å². The van der Waals surface area contributed by atoms with Crippen molar-refractivity contribution in [3.05, 3.63) is 17.7 Å². The first-order chi connectivity index (χ1) is 15.0. The van der Waals surface area contributed by atoms with Crippen molar-refractivity contribution in [2.75, 3.05) is 62.6 Å². The van der Waals surface area contributed by atoms with Gasteiger partial charge in [-0.15, -0.1) is 0 Å². The van der Waals surface area contributed by atoms with Gasteiger partial charge < -0.3 is 29.3 Å². The standard InChI is InChI=1S/C19H27F3N4O5S/c1-14-16(23-4-7-24-5-2-3-6-24)12-15(31-32(29,30)19(20,21)22)13-17(14)25-8-10-26(11-9-25)18(27)28/h12-13,23H,2-11H2,1H3,(H,27,28). The number of likely N-dealkylation sites (tertiary alicyclic amines) is 1. The van der Waals surface area contributed by atoms with Gasteiger partial charge in [0.15, 0.2) is 0 Å². The van der Waals surface area contributed by atoms with Gasteiger partial charge in [0, 0.05) is 62.8 Å². The third kappa shape index (κ3) is 5.68. The molecule has 2 heterocycles. The lowest BCUT2D eigenvalue weighted by Crippen LogP contribution is -2.48. The average Bonchev–Trinajstić information content (AvgIpc) is 3.22. The molecule has 0 radical (unpaired) electrons. The van der Waals surface area contributed by atoms with E-state index in [-0.39, 0.29) is 13.1 Å². The fourth-order valence-corrected chi connectivity index (χ4v) is 4.34. The normalized spacial score (nSPS) is 18.1. The van der Waals surface area contributed by atoms with Gasteiger partial charge in [0.25, 0.3) is 0 Å². The average molecular weight is 481 g/mol. The Morgan fingerprint density at radius 2 is 1.75 bits per heavy atom. The summed E-state index contributed by atoms with van der Waals surface area (Å²) in [5.74, 6) is -0.452. The summed E-state index contributed by atoms with van der Waals surface area (Å²) in [6.45, 7) is 6.11. The Morgan fingerprint density at radius 1 is 1.12 bits per heavy atom. The maximum absolute atomic E-state index is 12.8. The number of anilines is 2. The molecule has 0 aromatic heterocycles. The Labute approximate surface area is 184 Å². The third-order valence-electron chi connectivity index (χ3n) is 5.68. The van der Waals surface area contributed by atoms with E-state index in [0.29, 0.717) is 36.6 Å². The van der Waals surface area contributed by atoms with Crippen LogP contribution in [-0.2, 0) is 10.1 Å². The summed E-state index contributed by atoms with van der Waals surface area (Å²) in [4.78, 5) is 16.5. The lowest BCUT2D eigenvalue weighted by molar-refractivity contribution is -0.0500. The molecule has 0 saturated carbocycles. The van der Waals surface area contributed by atoms with Gasteiger partial charge in [0.2, 0.25) is 0 Å². The van der Waals surface area contributed by atoms with Crippen molar-refractivity contribution < 1.29 is 35.7 Å². The molecule has 1 amide bonds. The number of piperazine rings is 1. The monoisotopic (exact) mass is 480 g/mol. The van der Waals surface area contributed by atoms with Crippen molar-refractivity contribution in [3.8, 4) is 5.75 Å². The SMILES string of the molecule is Cc1c(NCCN2CCCC2)cc(OS(=O)(=O)C(F)(F)F)cc1N1CCN(C(=O)O)CC1. The lowest BCUT2D eigenvalue weighted by Gasteiger charge is -2.36. The molecular formula is C19H27F3N4O5S. The second-order valence-electron chi connectivity index (χ2n) is 7.83. The van der Waals surface area contributed by atoms with E-state index in [0.717, 1.165) is 32.5 Å². The van der Waals surface area contributed by atoms with Crippen LogP contribution in [0.1, 0.15) is 18.4 Å². The lowest BCUT2D eigenvalue weighted by atomic mass is 10.1. The molecule has 0 bridgehead atoms. The number of carboxylic acid groups (broad SMARTS) is 1. The molecule has 180 valence electrons. The third-order valence-corrected chi connectivity index (χ3v) is 6.66. The molecule has 3 rings (SSSR count). The van der Waals surface area contributed by atoms with Crippen molar-refractivity contribution in [2.24, 2.45) is 0 Å². The number of nitrogens with one attached hydrogen (secondary N) is 1. The van der Waals surface area contributed by atoms with Gasteiger partial charge in [-0.1, -0.05) is 0 Å². The molecule has 2 aliphatic heterocycles. The van der Waals surface area contributed by atoms with Gasteiger partial charge in [-0.25, -0.2) is 4.79 Å². The minimum Gasteiger partial charge on any atom is -0.465 e. The highest BCUT2D eigenvalue weighted by atomic mass is 32.2. The van der Waals surface area contributed by atoms with E-state index in [1.807, 2.05) is 4.90 Å². The molecule has 0 atom stereocenters. The highest BCUT2D eigenvalue weighted by Gasteiger charge is 2.48. The van der Waals surface area contributed by atoms with Crippen molar-refractivity contribution in [3.63, 3.8) is 0 Å². The number of hydrogen-bond donors (Lipinski definition) is 2. The molecule has 0 unspecified atom stereocenters. The smallest absolute Gasteiger partial charge is 0.465 e. The van der Waals surface area contributed by atoms with Crippen LogP contribution in [0.4, 0.5) is 29.3 Å². The van der Waals surface area contributed by atoms with Crippen LogP contribution in [-0.4, -0.2) is 87.3 Å². The quantitative estimate of drug-likeness (QED) is 0.454. The fraction of sp³-hybridized carbons (Fsp3) is 0.632. The Morgan fingerprint density at radius 3 is 2.31 bits per heavy atom. The van der Waals surface area contributed by atoms with Crippen LogP contribution in [0.2, 0.25) is 0 Å². The van der Waals surface area contributed by atoms with Gasteiger partial charge in [-0.3, -0.25) is 0 Å². The number of halogens is 3. The van der Waals surface area contributed by atoms with Crippen LogP contribution in [0.15, 0.2) is 12.1 Å². The van der Waals surface area contributed by atoms with Crippen molar-refractivity contribution in [2.45, 2.75) is 25.3 Å². The van der Waals surface area contributed by atoms with Crippen LogP contribution in [0.5, 0.6) is 5.75 Å². The summed E-state index contributed by atoms with van der Waals surface area (Å²) in [6, 6.07) is 2.50. The van der Waals surface area contributed by atoms with Gasteiger partial charge in [-0.05, 0) is 38.4 Å². The molecule has 1 aromatic carbocycles. The molecule has 2 saturated heterocycles. The van der Waals surface area contributed by atoms with E-state index < -0.39 is 27.5 Å². The molecule has 13 heteroatoms. The molecular weight excluding hydrogens is 453 g/mol. The molecule has 2 N–H and O–H groups in total. The van der Waals surface area contributed by atoms with Crippen molar-refractivity contribution >= 4 is 27.6 Å². The molecule has 0 spiro atoms. The second-order valence-corrected chi connectivity index (χ2v) is 9.37. The van der Waals surface area contributed by atoms with Crippen molar-refractivity contribution in [1.82, 2.24) is 9.80 Å². The number of nitrogens with zero attached hydrogens (tertiary/aromatic N) is 3. The Hall–Kier alpha value is -2.41. The van der Waals surface area contributed by atoms with Gasteiger partial charge in [0.1, 0.15) is 5.75 Å². The number of benzene rings is 1. The molecule has 1 aromatic rings. The molecule has 9 nitrogen and oxygen atoms in total. The first-order valence-corrected chi connectivity index (χ1v) is 11.7. The topological polar surface area (TPSA) is 102 Å². The van der Waals surface area contributed by atoms with Crippen LogP contribution >= 0.6 is 0 Å². The molecule has 2 aliphatic rings. The maximum atomic E-state index is 12.8. The Balaban J connectivity index is 1.84. The fourth-order valence-electron chi connectivity index (χ4n) is 3.90. The van der Waals surface area contributed by atoms with E-state index in [9.17, 15) is 26.4 Å². The first kappa shape index (κ1) is 24.2.